The maximum atomic E-state index is 11.9. The van der Waals surface area contributed by atoms with E-state index < -0.39 is 12.2 Å². The van der Waals surface area contributed by atoms with E-state index in [1.165, 1.54) is 5.56 Å². The number of carbonyl (C=O) groups is 1. The van der Waals surface area contributed by atoms with Crippen molar-refractivity contribution in [2.24, 2.45) is 0 Å². The van der Waals surface area contributed by atoms with Crippen LogP contribution in [0.1, 0.15) is 18.4 Å². The molecule has 17 heavy (non-hydrogen) atoms. The highest BCUT2D eigenvalue weighted by Gasteiger charge is 2.28. The van der Waals surface area contributed by atoms with Crippen molar-refractivity contribution in [2.75, 3.05) is 13.1 Å². The van der Waals surface area contributed by atoms with Crippen molar-refractivity contribution in [2.45, 2.75) is 31.5 Å². The summed E-state index contributed by atoms with van der Waals surface area (Å²) >= 11 is 1.63. The van der Waals surface area contributed by atoms with E-state index in [9.17, 15) is 15.0 Å². The van der Waals surface area contributed by atoms with Crippen molar-refractivity contribution >= 4 is 17.2 Å². The molecule has 94 valence electrons. The molecule has 0 spiro atoms. The number of piperidine rings is 1. The number of amides is 1. The number of thiophene rings is 1. The molecule has 2 atom stereocenters. The molecule has 1 fully saturated rings. The Hall–Kier alpha value is -0.910. The van der Waals surface area contributed by atoms with Gasteiger partial charge in [-0.1, -0.05) is 0 Å². The number of carbonyl (C=O) groups excluding carboxylic acids is 1. The van der Waals surface area contributed by atoms with Gasteiger partial charge in [0, 0.05) is 19.5 Å². The molecule has 1 aliphatic rings. The minimum Gasteiger partial charge on any atom is -0.390 e. The van der Waals surface area contributed by atoms with Crippen LogP contribution in [-0.4, -0.2) is 46.3 Å². The fourth-order valence-corrected chi connectivity index (χ4v) is 2.69. The Morgan fingerprint density at radius 3 is 2.94 bits per heavy atom. The normalized spacial score (nSPS) is 24.9. The minimum atomic E-state index is -0.797. The zero-order valence-corrected chi connectivity index (χ0v) is 10.4. The number of hydrogen-bond donors (Lipinski definition) is 2. The van der Waals surface area contributed by atoms with E-state index >= 15 is 0 Å². The first-order valence-electron chi connectivity index (χ1n) is 5.82. The second-order valence-electron chi connectivity index (χ2n) is 4.39. The highest BCUT2D eigenvalue weighted by Crippen LogP contribution is 2.14. The van der Waals surface area contributed by atoms with Crippen LogP contribution in [-0.2, 0) is 11.2 Å². The van der Waals surface area contributed by atoms with E-state index in [0.29, 0.717) is 19.4 Å². The summed E-state index contributed by atoms with van der Waals surface area (Å²) in [5.74, 6) is 0.0575. The predicted octanol–water partition coefficient (Wildman–Crippen LogP) is 0.635. The zero-order valence-electron chi connectivity index (χ0n) is 9.58. The number of nitrogens with zero attached hydrogens (tertiary/aromatic N) is 1. The average Bonchev–Trinajstić information content (AvgIpc) is 2.82. The third-order valence-corrected chi connectivity index (χ3v) is 3.84. The summed E-state index contributed by atoms with van der Waals surface area (Å²) < 4.78 is 0. The standard InChI is InChI=1S/C12H17NO3S/c14-10-3-5-13(7-11(10)15)12(16)2-1-9-4-6-17-8-9/h4,6,8,10-11,14-15H,1-3,5,7H2/t10-,11+/m1/s1. The van der Waals surface area contributed by atoms with Gasteiger partial charge >= 0.3 is 0 Å². The summed E-state index contributed by atoms with van der Waals surface area (Å²) in [6.45, 7) is 0.796. The number of hydrogen-bond acceptors (Lipinski definition) is 4. The van der Waals surface area contributed by atoms with Crippen molar-refractivity contribution in [1.29, 1.82) is 0 Å². The molecule has 0 aromatic carbocycles. The minimum absolute atomic E-state index is 0.0575. The maximum Gasteiger partial charge on any atom is 0.222 e. The summed E-state index contributed by atoms with van der Waals surface area (Å²) in [6.07, 6.45) is 0.201. The zero-order chi connectivity index (χ0) is 12.3. The third kappa shape index (κ3) is 3.28. The fourth-order valence-electron chi connectivity index (χ4n) is 1.99. The molecule has 0 unspecified atom stereocenters. The maximum absolute atomic E-state index is 11.9. The van der Waals surface area contributed by atoms with Gasteiger partial charge in [0.25, 0.3) is 0 Å². The van der Waals surface area contributed by atoms with Crippen molar-refractivity contribution in [3.8, 4) is 0 Å². The first-order chi connectivity index (χ1) is 8.16. The smallest absolute Gasteiger partial charge is 0.222 e. The van der Waals surface area contributed by atoms with Crippen molar-refractivity contribution in [3.05, 3.63) is 22.4 Å². The largest absolute Gasteiger partial charge is 0.390 e. The SMILES string of the molecule is O=C(CCc1ccsc1)N1CC[C@@H](O)[C@@H](O)C1. The molecule has 2 heterocycles. The molecule has 1 aromatic rings. The van der Waals surface area contributed by atoms with E-state index in [0.717, 1.165) is 6.42 Å². The Bertz CT molecular complexity index is 366. The van der Waals surface area contributed by atoms with Crippen molar-refractivity contribution < 1.29 is 15.0 Å². The van der Waals surface area contributed by atoms with Gasteiger partial charge in [0.1, 0.15) is 0 Å². The summed E-state index contributed by atoms with van der Waals surface area (Å²) in [7, 11) is 0. The van der Waals surface area contributed by atoms with Crippen LogP contribution >= 0.6 is 11.3 Å². The molecule has 1 amide bonds. The van der Waals surface area contributed by atoms with Gasteiger partial charge in [-0.05, 0) is 35.2 Å². The van der Waals surface area contributed by atoms with Crippen LogP contribution in [0.5, 0.6) is 0 Å². The Kier molecular flexibility index (Phi) is 4.15. The Morgan fingerprint density at radius 1 is 1.47 bits per heavy atom. The van der Waals surface area contributed by atoms with E-state index in [1.54, 1.807) is 16.2 Å². The predicted molar refractivity (Wildman–Crippen MR) is 65.9 cm³/mol. The molecule has 4 nitrogen and oxygen atoms in total. The second kappa shape index (κ2) is 5.62. The molecule has 2 rings (SSSR count). The lowest BCUT2D eigenvalue weighted by Crippen LogP contribution is -2.49. The lowest BCUT2D eigenvalue weighted by Gasteiger charge is -2.33. The molecule has 0 aliphatic carbocycles. The van der Waals surface area contributed by atoms with Crippen molar-refractivity contribution in [3.63, 3.8) is 0 Å². The van der Waals surface area contributed by atoms with E-state index in [1.807, 2.05) is 16.8 Å². The molecular formula is C12H17NO3S. The van der Waals surface area contributed by atoms with Crippen LogP contribution in [0.15, 0.2) is 16.8 Å². The highest BCUT2D eigenvalue weighted by atomic mass is 32.1. The number of aliphatic hydroxyl groups excluding tert-OH is 2. The highest BCUT2D eigenvalue weighted by molar-refractivity contribution is 7.07. The average molecular weight is 255 g/mol. The number of aliphatic hydroxyl groups is 2. The summed E-state index contributed by atoms with van der Waals surface area (Å²) in [5, 5.41) is 22.9. The second-order valence-corrected chi connectivity index (χ2v) is 5.17. The quantitative estimate of drug-likeness (QED) is 0.833. The molecule has 1 saturated heterocycles. The third-order valence-electron chi connectivity index (χ3n) is 3.11. The van der Waals surface area contributed by atoms with Gasteiger partial charge in [-0.2, -0.15) is 11.3 Å². The van der Waals surface area contributed by atoms with Crippen LogP contribution in [0.4, 0.5) is 0 Å². The van der Waals surface area contributed by atoms with Gasteiger partial charge in [-0.25, -0.2) is 0 Å². The van der Waals surface area contributed by atoms with Crippen LogP contribution in [0.3, 0.4) is 0 Å². The number of rotatable bonds is 3. The summed E-state index contributed by atoms with van der Waals surface area (Å²) in [4.78, 5) is 13.5. The van der Waals surface area contributed by atoms with Gasteiger partial charge in [-0.15, -0.1) is 0 Å². The monoisotopic (exact) mass is 255 g/mol. The number of likely N-dealkylation sites (tertiary alicyclic amines) is 1. The van der Waals surface area contributed by atoms with E-state index in [4.69, 9.17) is 0 Å². The lowest BCUT2D eigenvalue weighted by molar-refractivity contribution is -0.137. The van der Waals surface area contributed by atoms with Gasteiger partial charge in [0.15, 0.2) is 0 Å². The molecule has 5 heteroatoms. The summed E-state index contributed by atoms with van der Waals surface area (Å²) in [6, 6.07) is 2.02. The summed E-state index contributed by atoms with van der Waals surface area (Å²) in [5.41, 5.74) is 1.18. The van der Waals surface area contributed by atoms with E-state index in [-0.39, 0.29) is 12.5 Å². The number of aryl methyl sites for hydroxylation is 1. The number of β-amino-alcohol motifs (C(OH)–C–C–N with tert-alkyl or cyclic N) is 1. The molecule has 0 bridgehead atoms. The van der Waals surface area contributed by atoms with Crippen LogP contribution in [0.2, 0.25) is 0 Å². The van der Waals surface area contributed by atoms with Gasteiger partial charge in [0.2, 0.25) is 5.91 Å². The Morgan fingerprint density at radius 2 is 2.29 bits per heavy atom. The molecular weight excluding hydrogens is 238 g/mol. The lowest BCUT2D eigenvalue weighted by atomic mass is 10.0. The Labute approximate surface area is 104 Å². The van der Waals surface area contributed by atoms with Gasteiger partial charge < -0.3 is 15.1 Å². The fraction of sp³-hybridized carbons (Fsp3) is 0.583. The van der Waals surface area contributed by atoms with Gasteiger partial charge in [0.05, 0.1) is 12.2 Å². The molecule has 1 aromatic heterocycles. The van der Waals surface area contributed by atoms with Crippen LogP contribution in [0, 0.1) is 0 Å². The molecule has 0 saturated carbocycles. The first-order valence-corrected chi connectivity index (χ1v) is 6.76. The molecule has 1 aliphatic heterocycles. The van der Waals surface area contributed by atoms with Crippen molar-refractivity contribution in [1.82, 2.24) is 4.90 Å². The van der Waals surface area contributed by atoms with E-state index in [2.05, 4.69) is 0 Å². The van der Waals surface area contributed by atoms with Crippen LogP contribution < -0.4 is 0 Å². The van der Waals surface area contributed by atoms with Crippen LogP contribution in [0.25, 0.3) is 0 Å². The van der Waals surface area contributed by atoms with Gasteiger partial charge in [-0.3, -0.25) is 4.79 Å². The molecule has 2 N–H and O–H groups in total. The Balaban J connectivity index is 1.80. The first kappa shape index (κ1) is 12.5. The molecule has 0 radical (unpaired) electrons. The topological polar surface area (TPSA) is 60.8 Å².